The fourth-order valence-electron chi connectivity index (χ4n) is 1.74. The highest BCUT2D eigenvalue weighted by molar-refractivity contribution is 7.10. The molecule has 0 saturated carbocycles. The highest BCUT2D eigenvalue weighted by Crippen LogP contribution is 2.32. The molecule has 0 amide bonds. The smallest absolute Gasteiger partial charge is 0.224 e. The highest BCUT2D eigenvalue weighted by atomic mass is 32.1. The molecule has 0 atom stereocenters. The van der Waals surface area contributed by atoms with Crippen LogP contribution in [0.15, 0.2) is 0 Å². The molecule has 0 bridgehead atoms. The number of nitrogen functional groups attached to an aromatic ring is 1. The molecule has 2 aromatic heterocycles. The van der Waals surface area contributed by atoms with Gasteiger partial charge >= 0.3 is 0 Å². The summed E-state index contributed by atoms with van der Waals surface area (Å²) in [5.74, 6) is 1.56. The van der Waals surface area contributed by atoms with Crippen LogP contribution in [0.4, 0.5) is 10.9 Å². The van der Waals surface area contributed by atoms with Gasteiger partial charge in [0.1, 0.15) is 5.00 Å². The Morgan fingerprint density at radius 3 is 2.65 bits per heavy atom. The van der Waals surface area contributed by atoms with Crippen LogP contribution >= 0.6 is 11.5 Å². The number of rotatable bonds is 4. The van der Waals surface area contributed by atoms with E-state index in [9.17, 15) is 0 Å². The lowest BCUT2D eigenvalue weighted by molar-refractivity contribution is 0.770. The number of hydrogen-bond acceptors (Lipinski definition) is 6. The Bertz CT molecular complexity index is 495. The van der Waals surface area contributed by atoms with E-state index in [0.29, 0.717) is 5.00 Å². The molecule has 2 heterocycles. The molecule has 0 fully saturated rings. The van der Waals surface area contributed by atoms with Crippen LogP contribution in [0.1, 0.15) is 19.5 Å². The second-order valence-electron chi connectivity index (χ2n) is 3.63. The third-order valence-corrected chi connectivity index (χ3v) is 3.28. The summed E-state index contributed by atoms with van der Waals surface area (Å²) >= 11 is 1.29. The van der Waals surface area contributed by atoms with E-state index in [1.165, 1.54) is 11.5 Å². The van der Waals surface area contributed by atoms with Gasteiger partial charge in [-0.1, -0.05) is 0 Å². The van der Waals surface area contributed by atoms with E-state index >= 15 is 0 Å². The predicted octanol–water partition coefficient (Wildman–Crippen LogP) is 1.74. The van der Waals surface area contributed by atoms with Crippen LogP contribution in [-0.4, -0.2) is 25.7 Å². The van der Waals surface area contributed by atoms with Crippen molar-refractivity contribution in [3.8, 4) is 11.4 Å². The average molecular weight is 252 g/mol. The number of anilines is 2. The summed E-state index contributed by atoms with van der Waals surface area (Å²) in [6.07, 6.45) is 0. The topological polar surface area (TPSA) is 81.7 Å². The van der Waals surface area contributed by atoms with Gasteiger partial charge in [-0.2, -0.15) is 4.37 Å². The van der Waals surface area contributed by atoms with Gasteiger partial charge in [-0.05, 0) is 32.3 Å². The summed E-state index contributed by atoms with van der Waals surface area (Å²) in [7, 11) is 0. The molecule has 2 rings (SSSR count). The first-order valence-corrected chi connectivity index (χ1v) is 6.35. The number of nitrogens with one attached hydrogen (secondary N) is 1. The summed E-state index contributed by atoms with van der Waals surface area (Å²) < 4.78 is 6.25. The fourth-order valence-corrected chi connectivity index (χ4v) is 2.39. The first kappa shape index (κ1) is 11.8. The molecule has 92 valence electrons. The second-order valence-corrected chi connectivity index (χ2v) is 4.43. The maximum atomic E-state index is 5.93. The Labute approximate surface area is 104 Å². The molecule has 0 radical (unpaired) electrons. The summed E-state index contributed by atoms with van der Waals surface area (Å²) in [6.45, 7) is 7.62. The van der Waals surface area contributed by atoms with E-state index in [-0.39, 0.29) is 0 Å². The second kappa shape index (κ2) is 4.70. The normalized spacial score (nSPS) is 10.8. The lowest BCUT2D eigenvalue weighted by atomic mass is 10.2. The Morgan fingerprint density at radius 1 is 1.35 bits per heavy atom. The molecule has 0 aliphatic heterocycles. The zero-order valence-electron chi connectivity index (χ0n) is 10.2. The Morgan fingerprint density at radius 2 is 2.12 bits per heavy atom. The van der Waals surface area contributed by atoms with Gasteiger partial charge in [0.15, 0.2) is 5.82 Å². The number of aromatic nitrogens is 4. The van der Waals surface area contributed by atoms with Crippen LogP contribution in [0.2, 0.25) is 0 Å². The van der Waals surface area contributed by atoms with E-state index in [0.717, 1.165) is 36.1 Å². The van der Waals surface area contributed by atoms with Crippen molar-refractivity contribution in [3.05, 3.63) is 5.69 Å². The minimum atomic E-state index is 0.688. The van der Waals surface area contributed by atoms with Crippen molar-refractivity contribution >= 4 is 22.5 Å². The average Bonchev–Trinajstić information content (AvgIpc) is 2.83. The van der Waals surface area contributed by atoms with Crippen LogP contribution in [-0.2, 0) is 6.54 Å². The highest BCUT2D eigenvalue weighted by Gasteiger charge is 2.18. The first-order valence-electron chi connectivity index (χ1n) is 5.58. The van der Waals surface area contributed by atoms with Gasteiger partial charge in [-0.25, -0.2) is 0 Å². The van der Waals surface area contributed by atoms with Crippen molar-refractivity contribution in [1.29, 1.82) is 0 Å². The molecular weight excluding hydrogens is 236 g/mol. The van der Waals surface area contributed by atoms with E-state index in [1.54, 1.807) is 0 Å². The summed E-state index contributed by atoms with van der Waals surface area (Å²) in [6, 6.07) is 0. The summed E-state index contributed by atoms with van der Waals surface area (Å²) in [5.41, 5.74) is 7.73. The zero-order chi connectivity index (χ0) is 12.4. The van der Waals surface area contributed by atoms with E-state index < -0.39 is 0 Å². The molecular formula is C10H16N6S. The van der Waals surface area contributed by atoms with Crippen molar-refractivity contribution in [2.45, 2.75) is 27.3 Å². The van der Waals surface area contributed by atoms with Crippen molar-refractivity contribution in [2.75, 3.05) is 17.6 Å². The maximum absolute atomic E-state index is 5.93. The number of nitrogens with zero attached hydrogens (tertiary/aromatic N) is 4. The summed E-state index contributed by atoms with van der Waals surface area (Å²) in [4.78, 5) is 0. The van der Waals surface area contributed by atoms with E-state index in [2.05, 4.69) is 26.8 Å². The Balaban J connectivity index is 2.52. The molecule has 0 aliphatic carbocycles. The molecule has 2 aromatic rings. The number of aryl methyl sites for hydroxylation is 1. The van der Waals surface area contributed by atoms with Crippen molar-refractivity contribution in [2.24, 2.45) is 0 Å². The lowest BCUT2D eigenvalue weighted by Crippen LogP contribution is -2.07. The third-order valence-electron chi connectivity index (χ3n) is 2.51. The van der Waals surface area contributed by atoms with E-state index in [1.807, 2.05) is 18.4 Å². The molecule has 17 heavy (non-hydrogen) atoms. The standard InChI is InChI=1S/C10H16N6S/c1-4-12-10-14-13-9(16(10)5-2)7-6(3)15-17-8(7)11/h4-5,11H2,1-3H3,(H,12,14). The predicted molar refractivity (Wildman–Crippen MR) is 70.1 cm³/mol. The first-order chi connectivity index (χ1) is 8.19. The van der Waals surface area contributed by atoms with Crippen molar-refractivity contribution in [3.63, 3.8) is 0 Å². The van der Waals surface area contributed by atoms with Gasteiger partial charge < -0.3 is 11.1 Å². The van der Waals surface area contributed by atoms with Crippen LogP contribution in [0.25, 0.3) is 11.4 Å². The van der Waals surface area contributed by atoms with Crippen LogP contribution < -0.4 is 11.1 Å². The van der Waals surface area contributed by atoms with Gasteiger partial charge in [0.25, 0.3) is 0 Å². The lowest BCUT2D eigenvalue weighted by Gasteiger charge is -2.07. The van der Waals surface area contributed by atoms with Crippen LogP contribution in [0.5, 0.6) is 0 Å². The number of hydrogen-bond donors (Lipinski definition) is 2. The van der Waals surface area contributed by atoms with Crippen molar-refractivity contribution < 1.29 is 0 Å². The Hall–Kier alpha value is -1.63. The number of nitrogens with two attached hydrogens (primary N) is 1. The Kier molecular flexibility index (Phi) is 3.28. The SMILES string of the molecule is CCNc1nnc(-c2c(C)nsc2N)n1CC. The molecule has 0 aliphatic rings. The van der Waals surface area contributed by atoms with Gasteiger partial charge in [0.05, 0.1) is 11.3 Å². The van der Waals surface area contributed by atoms with Crippen LogP contribution in [0.3, 0.4) is 0 Å². The fraction of sp³-hybridized carbons (Fsp3) is 0.500. The molecule has 3 N–H and O–H groups in total. The van der Waals surface area contributed by atoms with Crippen molar-refractivity contribution in [1.82, 2.24) is 19.1 Å². The van der Waals surface area contributed by atoms with Gasteiger partial charge in [-0.3, -0.25) is 4.57 Å². The van der Waals surface area contributed by atoms with Gasteiger partial charge in [0.2, 0.25) is 5.95 Å². The van der Waals surface area contributed by atoms with Gasteiger partial charge in [-0.15, -0.1) is 10.2 Å². The monoisotopic (exact) mass is 252 g/mol. The quantitative estimate of drug-likeness (QED) is 0.866. The summed E-state index contributed by atoms with van der Waals surface area (Å²) in [5, 5.41) is 12.2. The van der Waals surface area contributed by atoms with Crippen LogP contribution in [0, 0.1) is 6.92 Å². The zero-order valence-corrected chi connectivity index (χ0v) is 11.0. The van der Waals surface area contributed by atoms with Gasteiger partial charge in [0, 0.05) is 13.1 Å². The minimum Gasteiger partial charge on any atom is -0.389 e. The third kappa shape index (κ3) is 1.97. The molecule has 7 heteroatoms. The molecule has 0 unspecified atom stereocenters. The molecule has 0 aromatic carbocycles. The minimum absolute atomic E-state index is 0.688. The molecule has 6 nitrogen and oxygen atoms in total. The largest absolute Gasteiger partial charge is 0.389 e. The maximum Gasteiger partial charge on any atom is 0.224 e. The molecule has 0 spiro atoms. The molecule has 0 saturated heterocycles. The van der Waals surface area contributed by atoms with E-state index in [4.69, 9.17) is 5.73 Å².